The molecule has 0 spiro atoms. The maximum absolute atomic E-state index is 11.5. The minimum Gasteiger partial charge on any atom is -0.359 e. The lowest BCUT2D eigenvalue weighted by molar-refractivity contribution is 0.248. The van der Waals surface area contributed by atoms with Crippen LogP contribution in [0.1, 0.15) is 45.4 Å². The quantitative estimate of drug-likeness (QED) is 0.804. The molecule has 0 aromatic carbocycles. The van der Waals surface area contributed by atoms with Crippen LogP contribution in [0.4, 0.5) is 0 Å². The van der Waals surface area contributed by atoms with Gasteiger partial charge in [0.1, 0.15) is 0 Å². The molecule has 1 unspecified atom stereocenters. The van der Waals surface area contributed by atoms with Crippen LogP contribution in [0.25, 0.3) is 0 Å². The van der Waals surface area contributed by atoms with Gasteiger partial charge in [0, 0.05) is 18.6 Å². The van der Waals surface area contributed by atoms with Crippen LogP contribution >= 0.6 is 12.2 Å². The first-order valence-electron chi connectivity index (χ1n) is 7.29. The van der Waals surface area contributed by atoms with Gasteiger partial charge in [0.2, 0.25) is 0 Å². The molecule has 0 amide bonds. The maximum Gasteiger partial charge on any atom is 0.169 e. The molecule has 6 heteroatoms. The van der Waals surface area contributed by atoms with Crippen molar-refractivity contribution >= 4 is 27.2 Å². The zero-order valence-electron chi connectivity index (χ0n) is 11.6. The molecule has 0 aromatic heterocycles. The van der Waals surface area contributed by atoms with Crippen LogP contribution in [-0.4, -0.2) is 48.6 Å². The average molecular weight is 304 g/mol. The van der Waals surface area contributed by atoms with Crippen molar-refractivity contribution in [2.45, 2.75) is 57.5 Å². The molecule has 19 heavy (non-hydrogen) atoms. The molecule has 0 aromatic rings. The fourth-order valence-electron chi connectivity index (χ4n) is 3.13. The summed E-state index contributed by atoms with van der Waals surface area (Å²) < 4.78 is 22.9. The van der Waals surface area contributed by atoms with E-state index in [4.69, 9.17) is 12.2 Å². The predicted molar refractivity (Wildman–Crippen MR) is 82.0 cm³/mol. The van der Waals surface area contributed by atoms with Crippen molar-refractivity contribution in [3.05, 3.63) is 0 Å². The minimum absolute atomic E-state index is 0.00939. The van der Waals surface area contributed by atoms with Crippen molar-refractivity contribution in [3.8, 4) is 0 Å². The van der Waals surface area contributed by atoms with E-state index in [1.165, 1.54) is 32.1 Å². The lowest BCUT2D eigenvalue weighted by atomic mass is 9.94. The number of sulfone groups is 1. The molecule has 110 valence electrons. The summed E-state index contributed by atoms with van der Waals surface area (Å²) in [7, 11) is -2.84. The molecule has 1 aliphatic heterocycles. The number of nitrogens with zero attached hydrogens (tertiary/aromatic N) is 1. The van der Waals surface area contributed by atoms with Crippen molar-refractivity contribution in [2.24, 2.45) is 0 Å². The maximum atomic E-state index is 11.5. The molecule has 2 aliphatic rings. The van der Waals surface area contributed by atoms with Gasteiger partial charge in [0.25, 0.3) is 0 Å². The molecule has 0 radical (unpaired) electrons. The molecule has 2 rings (SSSR count). The zero-order chi connectivity index (χ0) is 13.9. The van der Waals surface area contributed by atoms with E-state index in [-0.39, 0.29) is 11.8 Å². The van der Waals surface area contributed by atoms with Gasteiger partial charge in [-0.1, -0.05) is 19.3 Å². The van der Waals surface area contributed by atoms with Gasteiger partial charge in [-0.3, -0.25) is 0 Å². The highest BCUT2D eigenvalue weighted by atomic mass is 32.2. The number of nitrogens with one attached hydrogen (secondary N) is 1. The topological polar surface area (TPSA) is 49.4 Å². The average Bonchev–Trinajstić information content (AvgIpc) is 2.71. The number of rotatable bonds is 3. The summed E-state index contributed by atoms with van der Waals surface area (Å²) in [4.78, 5) is 2.25. The third-order valence-electron chi connectivity index (χ3n) is 4.18. The molecule has 4 nitrogen and oxygen atoms in total. The Kier molecular flexibility index (Phi) is 5.06. The lowest BCUT2D eigenvalue weighted by Gasteiger charge is -2.36. The fraction of sp³-hybridized carbons (Fsp3) is 0.923. The largest absolute Gasteiger partial charge is 0.359 e. The number of hydrogen-bond donors (Lipinski definition) is 1. The van der Waals surface area contributed by atoms with E-state index in [1.807, 2.05) is 0 Å². The standard InChI is InChI=1S/C13H24N2O2S2/c1-2-15(12-6-4-3-5-7-12)13(18)14-11-8-9-19(16,17)10-11/h11-12H,2-10H2,1H3,(H,14,18). The van der Waals surface area contributed by atoms with E-state index in [9.17, 15) is 8.42 Å². The van der Waals surface area contributed by atoms with Gasteiger partial charge in [0.15, 0.2) is 14.9 Å². The molecule has 2 fully saturated rings. The van der Waals surface area contributed by atoms with E-state index in [1.54, 1.807) is 0 Å². The van der Waals surface area contributed by atoms with Crippen molar-refractivity contribution in [2.75, 3.05) is 18.1 Å². The van der Waals surface area contributed by atoms with Gasteiger partial charge < -0.3 is 10.2 Å². The first-order chi connectivity index (χ1) is 9.02. The van der Waals surface area contributed by atoms with Crippen LogP contribution in [0.15, 0.2) is 0 Å². The minimum atomic E-state index is -2.84. The molecule has 1 atom stereocenters. The van der Waals surface area contributed by atoms with Crippen LogP contribution in [0.3, 0.4) is 0 Å². The second-order valence-electron chi connectivity index (χ2n) is 5.63. The van der Waals surface area contributed by atoms with Gasteiger partial charge in [-0.2, -0.15) is 0 Å². The Labute approximate surface area is 121 Å². The first-order valence-corrected chi connectivity index (χ1v) is 9.52. The molecule has 0 bridgehead atoms. The first kappa shape index (κ1) is 15.0. The molecule has 1 heterocycles. The van der Waals surface area contributed by atoms with Gasteiger partial charge in [-0.15, -0.1) is 0 Å². The van der Waals surface area contributed by atoms with Gasteiger partial charge >= 0.3 is 0 Å². The number of thiocarbonyl (C=S) groups is 1. The molecule has 1 saturated heterocycles. The Balaban J connectivity index is 1.90. The monoisotopic (exact) mass is 304 g/mol. The summed E-state index contributed by atoms with van der Waals surface area (Å²) in [5, 5.41) is 4.01. The van der Waals surface area contributed by atoms with Crippen LogP contribution < -0.4 is 5.32 Å². The van der Waals surface area contributed by atoms with E-state index in [0.29, 0.717) is 18.2 Å². The zero-order valence-corrected chi connectivity index (χ0v) is 13.2. The third-order valence-corrected chi connectivity index (χ3v) is 6.30. The van der Waals surface area contributed by atoms with E-state index >= 15 is 0 Å². The Morgan fingerprint density at radius 3 is 2.47 bits per heavy atom. The van der Waals surface area contributed by atoms with E-state index in [2.05, 4.69) is 17.1 Å². The Morgan fingerprint density at radius 1 is 1.26 bits per heavy atom. The normalized spacial score (nSPS) is 27.1. The third kappa shape index (κ3) is 4.05. The smallest absolute Gasteiger partial charge is 0.169 e. The molecule has 1 N–H and O–H groups in total. The van der Waals surface area contributed by atoms with Crippen molar-refractivity contribution in [3.63, 3.8) is 0 Å². The summed E-state index contributed by atoms with van der Waals surface area (Å²) >= 11 is 5.49. The van der Waals surface area contributed by atoms with Crippen molar-refractivity contribution in [1.29, 1.82) is 0 Å². The Morgan fingerprint density at radius 2 is 1.95 bits per heavy atom. The van der Waals surface area contributed by atoms with E-state index < -0.39 is 9.84 Å². The summed E-state index contributed by atoms with van der Waals surface area (Å²) in [6.45, 7) is 3.02. The highest BCUT2D eigenvalue weighted by Crippen LogP contribution is 2.23. The predicted octanol–water partition coefficient (Wildman–Crippen LogP) is 1.70. The molecular formula is C13H24N2O2S2. The van der Waals surface area contributed by atoms with Gasteiger partial charge in [-0.05, 0) is 38.4 Å². The van der Waals surface area contributed by atoms with Crippen LogP contribution in [0, 0.1) is 0 Å². The highest BCUT2D eigenvalue weighted by Gasteiger charge is 2.30. The molecule has 1 aliphatic carbocycles. The van der Waals surface area contributed by atoms with Crippen molar-refractivity contribution < 1.29 is 8.42 Å². The summed E-state index contributed by atoms with van der Waals surface area (Å²) in [6.07, 6.45) is 6.99. The Bertz CT molecular complexity index is 416. The van der Waals surface area contributed by atoms with E-state index in [0.717, 1.165) is 11.7 Å². The van der Waals surface area contributed by atoms with Gasteiger partial charge in [0.05, 0.1) is 11.5 Å². The second kappa shape index (κ2) is 6.39. The van der Waals surface area contributed by atoms with Crippen LogP contribution in [0.5, 0.6) is 0 Å². The Hall–Kier alpha value is -0.360. The molecule has 1 saturated carbocycles. The lowest BCUT2D eigenvalue weighted by Crippen LogP contribution is -2.49. The SMILES string of the molecule is CCN(C(=S)NC1CCS(=O)(=O)C1)C1CCCCC1. The van der Waals surface area contributed by atoms with Gasteiger partial charge in [-0.25, -0.2) is 8.42 Å². The summed E-state index contributed by atoms with van der Waals surface area (Å²) in [6, 6.07) is 0.548. The summed E-state index contributed by atoms with van der Waals surface area (Å²) in [5.41, 5.74) is 0. The van der Waals surface area contributed by atoms with Crippen LogP contribution in [-0.2, 0) is 9.84 Å². The molecular weight excluding hydrogens is 280 g/mol. The second-order valence-corrected chi connectivity index (χ2v) is 8.24. The fourth-order valence-corrected chi connectivity index (χ4v) is 5.24. The highest BCUT2D eigenvalue weighted by molar-refractivity contribution is 7.91. The van der Waals surface area contributed by atoms with Crippen molar-refractivity contribution in [1.82, 2.24) is 10.2 Å². The summed E-state index contributed by atoms with van der Waals surface area (Å²) in [5.74, 6) is 0.526. The number of hydrogen-bond acceptors (Lipinski definition) is 3. The van der Waals surface area contributed by atoms with Crippen LogP contribution in [0.2, 0.25) is 0 Å².